The topological polar surface area (TPSA) is 50.3 Å². The third-order valence-electron chi connectivity index (χ3n) is 3.74. The molecule has 2 heterocycles. The number of rotatable bonds is 3. The van der Waals surface area contributed by atoms with Gasteiger partial charge in [-0.2, -0.15) is 13.2 Å². The minimum atomic E-state index is -4.56. The molecule has 1 amide bonds. The molecule has 4 nitrogen and oxygen atoms in total. The second kappa shape index (κ2) is 6.46. The summed E-state index contributed by atoms with van der Waals surface area (Å²) in [6, 6.07) is 3.32. The Balaban J connectivity index is 2.03. The van der Waals surface area contributed by atoms with E-state index < -0.39 is 17.8 Å². The number of amides is 1. The molecule has 22 heavy (non-hydrogen) atoms. The summed E-state index contributed by atoms with van der Waals surface area (Å²) < 4.78 is 37.9. The minimum absolute atomic E-state index is 0.115. The first kappa shape index (κ1) is 16.5. The number of piperidine rings is 1. The fourth-order valence-electron chi connectivity index (χ4n) is 2.62. The molecule has 0 atom stereocenters. The first-order valence-electron chi connectivity index (χ1n) is 7.10. The average molecular weight is 314 g/mol. The summed E-state index contributed by atoms with van der Waals surface area (Å²) in [5.74, 6) is -0.132. The first-order chi connectivity index (χ1) is 10.3. The Bertz CT molecular complexity index is 564. The summed E-state index contributed by atoms with van der Waals surface area (Å²) in [6.07, 6.45) is -2.71. The molecular formula is C15H17F3N2O2. The maximum absolute atomic E-state index is 12.6. The lowest BCUT2D eigenvalue weighted by atomic mass is 9.92. The highest BCUT2D eigenvalue weighted by atomic mass is 19.4. The summed E-state index contributed by atoms with van der Waals surface area (Å²) in [4.78, 5) is 28.2. The highest BCUT2D eigenvalue weighted by Crippen LogP contribution is 2.28. The van der Waals surface area contributed by atoms with Gasteiger partial charge in [-0.1, -0.05) is 6.07 Å². The number of pyridine rings is 1. The van der Waals surface area contributed by atoms with E-state index in [1.54, 1.807) is 0 Å². The molecule has 1 aliphatic rings. The highest BCUT2D eigenvalue weighted by molar-refractivity contribution is 5.92. The van der Waals surface area contributed by atoms with Crippen molar-refractivity contribution in [1.82, 2.24) is 9.88 Å². The first-order valence-corrected chi connectivity index (χ1v) is 7.10. The molecule has 1 aromatic rings. The third kappa shape index (κ3) is 4.05. The summed E-state index contributed by atoms with van der Waals surface area (Å²) in [7, 11) is 0. The van der Waals surface area contributed by atoms with Gasteiger partial charge in [-0.3, -0.25) is 4.79 Å². The molecule has 0 saturated carbocycles. The van der Waals surface area contributed by atoms with Crippen LogP contribution in [0.2, 0.25) is 0 Å². The Morgan fingerprint density at radius 3 is 2.45 bits per heavy atom. The van der Waals surface area contributed by atoms with E-state index in [-0.39, 0.29) is 17.4 Å². The van der Waals surface area contributed by atoms with Gasteiger partial charge in [0.1, 0.15) is 17.2 Å². The number of hydrogen-bond acceptors (Lipinski definition) is 3. The zero-order valence-electron chi connectivity index (χ0n) is 12.2. The smallest absolute Gasteiger partial charge is 0.337 e. The van der Waals surface area contributed by atoms with Gasteiger partial charge in [0, 0.05) is 19.5 Å². The summed E-state index contributed by atoms with van der Waals surface area (Å²) in [5.41, 5.74) is -1.26. The maximum atomic E-state index is 12.6. The fourth-order valence-corrected chi connectivity index (χ4v) is 2.62. The van der Waals surface area contributed by atoms with E-state index in [4.69, 9.17) is 0 Å². The molecule has 0 aromatic carbocycles. The lowest BCUT2D eigenvalue weighted by Gasteiger charge is -2.31. The number of alkyl halides is 3. The number of Topliss-reactive ketones (excluding diaryl/α,β-unsaturated/α-hetero) is 1. The number of carbonyl (C=O) groups is 2. The molecule has 0 spiro atoms. The van der Waals surface area contributed by atoms with Crippen molar-refractivity contribution < 1.29 is 22.8 Å². The zero-order chi connectivity index (χ0) is 16.3. The highest BCUT2D eigenvalue weighted by Gasteiger charge is 2.33. The van der Waals surface area contributed by atoms with Crippen LogP contribution in [0.5, 0.6) is 0 Å². The molecule has 0 N–H and O–H groups in total. The number of ketones is 1. The van der Waals surface area contributed by atoms with Crippen molar-refractivity contribution in [2.75, 3.05) is 13.1 Å². The second-order valence-electron chi connectivity index (χ2n) is 5.55. The standard InChI is InChI=1S/C15H17F3N2O2/c1-10(21)9-11-5-7-20(8-6-11)14(22)12-3-2-4-13(19-12)15(16,17)18/h2-4,11H,5-9H2,1H3. The van der Waals surface area contributed by atoms with Crippen LogP contribution in [0.3, 0.4) is 0 Å². The van der Waals surface area contributed by atoms with Crippen LogP contribution in [-0.4, -0.2) is 34.7 Å². The Hall–Kier alpha value is -1.92. The maximum Gasteiger partial charge on any atom is 0.433 e. The third-order valence-corrected chi connectivity index (χ3v) is 3.74. The van der Waals surface area contributed by atoms with Crippen molar-refractivity contribution in [2.24, 2.45) is 5.92 Å². The Morgan fingerprint density at radius 1 is 1.27 bits per heavy atom. The van der Waals surface area contributed by atoms with Crippen molar-refractivity contribution in [3.05, 3.63) is 29.6 Å². The fraction of sp³-hybridized carbons (Fsp3) is 0.533. The number of halogens is 3. The summed E-state index contributed by atoms with van der Waals surface area (Å²) >= 11 is 0. The van der Waals surface area contributed by atoms with Gasteiger partial charge in [0.05, 0.1) is 0 Å². The van der Waals surface area contributed by atoms with Crippen LogP contribution in [0.4, 0.5) is 13.2 Å². The molecule has 1 aliphatic heterocycles. The van der Waals surface area contributed by atoms with Crippen LogP contribution < -0.4 is 0 Å². The normalized spacial score (nSPS) is 16.6. The molecule has 2 rings (SSSR count). The van der Waals surface area contributed by atoms with Crippen molar-refractivity contribution in [3.63, 3.8) is 0 Å². The largest absolute Gasteiger partial charge is 0.433 e. The molecular weight excluding hydrogens is 297 g/mol. The van der Waals surface area contributed by atoms with Gasteiger partial charge in [-0.25, -0.2) is 4.98 Å². The second-order valence-corrected chi connectivity index (χ2v) is 5.55. The summed E-state index contributed by atoms with van der Waals surface area (Å²) in [6.45, 7) is 2.41. The molecule has 1 fully saturated rings. The molecule has 0 radical (unpaired) electrons. The molecule has 0 unspecified atom stereocenters. The number of aromatic nitrogens is 1. The molecule has 1 saturated heterocycles. The lowest BCUT2D eigenvalue weighted by Crippen LogP contribution is -2.39. The van der Waals surface area contributed by atoms with E-state index in [0.29, 0.717) is 32.4 Å². The predicted octanol–water partition coefficient (Wildman–Crippen LogP) is 2.93. The van der Waals surface area contributed by atoms with E-state index >= 15 is 0 Å². The molecule has 120 valence electrons. The number of nitrogens with zero attached hydrogens (tertiary/aromatic N) is 2. The molecule has 0 aliphatic carbocycles. The van der Waals surface area contributed by atoms with Crippen LogP contribution in [0.15, 0.2) is 18.2 Å². The van der Waals surface area contributed by atoms with E-state index in [1.165, 1.54) is 24.0 Å². The van der Waals surface area contributed by atoms with Gasteiger partial charge < -0.3 is 9.69 Å². The van der Waals surface area contributed by atoms with Crippen molar-refractivity contribution in [3.8, 4) is 0 Å². The van der Waals surface area contributed by atoms with Crippen LogP contribution >= 0.6 is 0 Å². The Kier molecular flexibility index (Phi) is 4.83. The van der Waals surface area contributed by atoms with Gasteiger partial charge in [-0.05, 0) is 37.8 Å². The number of hydrogen-bond donors (Lipinski definition) is 0. The van der Waals surface area contributed by atoms with Crippen LogP contribution in [0, 0.1) is 5.92 Å². The average Bonchev–Trinajstić information content (AvgIpc) is 2.46. The molecule has 0 bridgehead atoms. The number of carbonyl (C=O) groups excluding carboxylic acids is 2. The van der Waals surface area contributed by atoms with Gasteiger partial charge in [0.2, 0.25) is 0 Å². The summed E-state index contributed by atoms with van der Waals surface area (Å²) in [5, 5.41) is 0. The minimum Gasteiger partial charge on any atom is -0.337 e. The van der Waals surface area contributed by atoms with E-state index in [1.807, 2.05) is 0 Å². The molecule has 7 heteroatoms. The number of likely N-dealkylation sites (tertiary alicyclic amines) is 1. The van der Waals surface area contributed by atoms with E-state index in [0.717, 1.165) is 6.07 Å². The van der Waals surface area contributed by atoms with Crippen molar-refractivity contribution in [1.29, 1.82) is 0 Å². The van der Waals surface area contributed by atoms with Crippen LogP contribution in [0.25, 0.3) is 0 Å². The van der Waals surface area contributed by atoms with Crippen molar-refractivity contribution >= 4 is 11.7 Å². The zero-order valence-corrected chi connectivity index (χ0v) is 12.2. The van der Waals surface area contributed by atoms with E-state index in [2.05, 4.69) is 4.98 Å². The van der Waals surface area contributed by atoms with E-state index in [9.17, 15) is 22.8 Å². The van der Waals surface area contributed by atoms with Crippen molar-refractivity contribution in [2.45, 2.75) is 32.4 Å². The molecule has 1 aromatic heterocycles. The van der Waals surface area contributed by atoms with Gasteiger partial charge >= 0.3 is 6.18 Å². The van der Waals surface area contributed by atoms with Gasteiger partial charge in [0.15, 0.2) is 0 Å². The monoisotopic (exact) mass is 314 g/mol. The Labute approximate surface area is 126 Å². The quantitative estimate of drug-likeness (QED) is 0.862. The van der Waals surface area contributed by atoms with Crippen LogP contribution in [0.1, 0.15) is 42.4 Å². The Morgan fingerprint density at radius 2 is 1.91 bits per heavy atom. The lowest BCUT2D eigenvalue weighted by molar-refractivity contribution is -0.141. The van der Waals surface area contributed by atoms with Gasteiger partial charge in [-0.15, -0.1) is 0 Å². The van der Waals surface area contributed by atoms with Gasteiger partial charge in [0.25, 0.3) is 5.91 Å². The SMILES string of the molecule is CC(=O)CC1CCN(C(=O)c2cccc(C(F)(F)F)n2)CC1. The van der Waals surface area contributed by atoms with Crippen LogP contribution in [-0.2, 0) is 11.0 Å². The predicted molar refractivity (Wildman–Crippen MR) is 73.2 cm³/mol.